The van der Waals surface area contributed by atoms with Crippen molar-refractivity contribution in [3.8, 4) is 11.5 Å². The average Bonchev–Trinajstić information content (AvgIpc) is 3.08. The van der Waals surface area contributed by atoms with E-state index in [-0.39, 0.29) is 4.91 Å². The number of rotatable bonds is 7. The summed E-state index contributed by atoms with van der Waals surface area (Å²) in [7, 11) is 1.49. The van der Waals surface area contributed by atoms with E-state index in [1.165, 1.54) is 13.2 Å². The van der Waals surface area contributed by atoms with Gasteiger partial charge in [-0.25, -0.2) is 0 Å². The first kappa shape index (κ1) is 23.7. The summed E-state index contributed by atoms with van der Waals surface area (Å²) in [5.41, 5.74) is 1.14. The Morgan fingerprint density at radius 1 is 1.12 bits per heavy atom. The van der Waals surface area contributed by atoms with Crippen molar-refractivity contribution in [2.75, 3.05) is 25.6 Å². The number of fused-ring (bicyclic) bond motifs is 1. The average molecular weight is 497 g/mol. The molecule has 0 aromatic heterocycles. The predicted molar refractivity (Wildman–Crippen MR) is 134 cm³/mol. The van der Waals surface area contributed by atoms with Crippen LogP contribution in [0.4, 0.5) is 10.5 Å². The standard InChI is InChI=1S/C25H21ClN2O5S/c1-3-33-20-10-8-15-6-4-5-7-17(15)18(20)13-22-24(30)28(25(31)34-22)14-23(29)27-16-9-11-21(32-2)19(26)12-16/h4-13H,3,14H2,1-2H3,(H,27,29)/b22-13+. The maximum Gasteiger partial charge on any atom is 0.294 e. The topological polar surface area (TPSA) is 84.9 Å². The summed E-state index contributed by atoms with van der Waals surface area (Å²) in [6, 6.07) is 16.3. The van der Waals surface area contributed by atoms with Crippen LogP contribution in [0.3, 0.4) is 0 Å². The van der Waals surface area contributed by atoms with Crippen LogP contribution in [0.2, 0.25) is 5.02 Å². The van der Waals surface area contributed by atoms with E-state index in [0.717, 1.165) is 27.4 Å². The molecule has 0 bridgehead atoms. The van der Waals surface area contributed by atoms with E-state index in [9.17, 15) is 14.4 Å². The first-order chi connectivity index (χ1) is 16.4. The Balaban J connectivity index is 1.56. The van der Waals surface area contributed by atoms with Crippen LogP contribution in [-0.2, 0) is 9.59 Å². The number of thioether (sulfide) groups is 1. The molecule has 9 heteroatoms. The lowest BCUT2D eigenvalue weighted by molar-refractivity contribution is -0.127. The third-order valence-corrected chi connectivity index (χ3v) is 6.32. The molecule has 3 aromatic carbocycles. The molecule has 1 saturated heterocycles. The summed E-state index contributed by atoms with van der Waals surface area (Å²) in [6.07, 6.45) is 1.65. The minimum atomic E-state index is -0.534. The van der Waals surface area contributed by atoms with Crippen LogP contribution >= 0.6 is 23.4 Å². The molecule has 0 atom stereocenters. The molecule has 0 spiro atoms. The van der Waals surface area contributed by atoms with E-state index < -0.39 is 23.6 Å². The Morgan fingerprint density at radius 2 is 1.88 bits per heavy atom. The zero-order chi connectivity index (χ0) is 24.2. The molecule has 0 saturated carbocycles. The highest BCUT2D eigenvalue weighted by molar-refractivity contribution is 8.18. The second-order valence-electron chi connectivity index (χ2n) is 7.30. The third kappa shape index (κ3) is 4.88. The normalized spacial score (nSPS) is 14.7. The summed E-state index contributed by atoms with van der Waals surface area (Å²) >= 11 is 6.88. The number of hydrogen-bond donors (Lipinski definition) is 1. The largest absolute Gasteiger partial charge is 0.495 e. The number of benzene rings is 3. The molecule has 7 nitrogen and oxygen atoms in total. The van der Waals surface area contributed by atoms with E-state index in [4.69, 9.17) is 21.1 Å². The number of anilines is 1. The van der Waals surface area contributed by atoms with Crippen molar-refractivity contribution in [2.24, 2.45) is 0 Å². The number of imide groups is 1. The fraction of sp³-hybridized carbons (Fsp3) is 0.160. The number of methoxy groups -OCH3 is 1. The van der Waals surface area contributed by atoms with Gasteiger partial charge >= 0.3 is 0 Å². The fourth-order valence-electron chi connectivity index (χ4n) is 3.56. The number of carbonyl (C=O) groups is 3. The van der Waals surface area contributed by atoms with Gasteiger partial charge in [0.25, 0.3) is 11.1 Å². The van der Waals surface area contributed by atoms with Crippen molar-refractivity contribution in [2.45, 2.75) is 6.92 Å². The zero-order valence-electron chi connectivity index (χ0n) is 18.5. The van der Waals surface area contributed by atoms with Crippen LogP contribution in [-0.4, -0.2) is 42.2 Å². The van der Waals surface area contributed by atoms with Gasteiger partial charge < -0.3 is 14.8 Å². The van der Waals surface area contributed by atoms with E-state index in [2.05, 4.69) is 5.32 Å². The molecule has 4 rings (SSSR count). The lowest BCUT2D eigenvalue weighted by Crippen LogP contribution is -2.36. The van der Waals surface area contributed by atoms with Crippen LogP contribution in [0.15, 0.2) is 59.5 Å². The first-order valence-corrected chi connectivity index (χ1v) is 11.6. The molecular weight excluding hydrogens is 476 g/mol. The molecule has 1 aliphatic rings. The first-order valence-electron chi connectivity index (χ1n) is 10.4. The van der Waals surface area contributed by atoms with Gasteiger partial charge in [0.05, 0.1) is 23.6 Å². The number of nitrogens with zero attached hydrogens (tertiary/aromatic N) is 1. The molecule has 0 radical (unpaired) electrons. The summed E-state index contributed by atoms with van der Waals surface area (Å²) in [4.78, 5) is 39.2. The zero-order valence-corrected chi connectivity index (χ0v) is 20.0. The summed E-state index contributed by atoms with van der Waals surface area (Å²) in [5.74, 6) is 0.0240. The van der Waals surface area contributed by atoms with Gasteiger partial charge in [-0.05, 0) is 59.8 Å². The predicted octanol–water partition coefficient (Wildman–Crippen LogP) is 5.58. The van der Waals surface area contributed by atoms with Crippen LogP contribution < -0.4 is 14.8 Å². The number of carbonyl (C=O) groups excluding carboxylic acids is 3. The molecule has 1 N–H and O–H groups in total. The van der Waals surface area contributed by atoms with E-state index in [1.807, 2.05) is 43.3 Å². The van der Waals surface area contributed by atoms with Gasteiger partial charge in [-0.3, -0.25) is 19.3 Å². The van der Waals surface area contributed by atoms with Gasteiger partial charge in [0.2, 0.25) is 5.91 Å². The monoisotopic (exact) mass is 496 g/mol. The van der Waals surface area contributed by atoms with E-state index in [1.54, 1.807) is 18.2 Å². The Morgan fingerprint density at radius 3 is 2.62 bits per heavy atom. The van der Waals surface area contributed by atoms with Crippen molar-refractivity contribution < 1.29 is 23.9 Å². The van der Waals surface area contributed by atoms with Crippen LogP contribution in [0.1, 0.15) is 12.5 Å². The molecule has 0 unspecified atom stereocenters. The maximum absolute atomic E-state index is 13.0. The molecule has 174 valence electrons. The number of amides is 3. The molecular formula is C25H21ClN2O5S. The highest BCUT2D eigenvalue weighted by atomic mass is 35.5. The molecule has 34 heavy (non-hydrogen) atoms. The molecule has 0 aliphatic carbocycles. The van der Waals surface area contributed by atoms with E-state index in [0.29, 0.717) is 34.4 Å². The summed E-state index contributed by atoms with van der Waals surface area (Å²) in [6.45, 7) is 1.91. The second kappa shape index (κ2) is 10.2. The van der Waals surface area contributed by atoms with E-state index >= 15 is 0 Å². The number of ether oxygens (including phenoxy) is 2. The summed E-state index contributed by atoms with van der Waals surface area (Å²) in [5, 5.41) is 4.33. The second-order valence-corrected chi connectivity index (χ2v) is 8.70. The lowest BCUT2D eigenvalue weighted by atomic mass is 10.0. The molecule has 1 heterocycles. The Hall–Kier alpha value is -3.49. The van der Waals surface area contributed by atoms with Crippen LogP contribution in [0.5, 0.6) is 11.5 Å². The maximum atomic E-state index is 13.0. The number of halogens is 1. The molecule has 3 aromatic rings. The fourth-order valence-corrected chi connectivity index (χ4v) is 4.64. The third-order valence-electron chi connectivity index (χ3n) is 5.12. The van der Waals surface area contributed by atoms with Crippen LogP contribution in [0.25, 0.3) is 16.8 Å². The number of nitrogens with one attached hydrogen (secondary N) is 1. The van der Waals surface area contributed by atoms with Gasteiger partial charge in [0.15, 0.2) is 0 Å². The highest BCUT2D eigenvalue weighted by Gasteiger charge is 2.36. The van der Waals surface area contributed by atoms with Crippen molar-refractivity contribution in [3.05, 3.63) is 70.1 Å². The van der Waals surface area contributed by atoms with Gasteiger partial charge in [-0.2, -0.15) is 0 Å². The highest BCUT2D eigenvalue weighted by Crippen LogP contribution is 2.37. The van der Waals surface area contributed by atoms with Gasteiger partial charge in [0, 0.05) is 11.3 Å². The van der Waals surface area contributed by atoms with Crippen molar-refractivity contribution in [1.82, 2.24) is 4.90 Å². The van der Waals surface area contributed by atoms with Crippen molar-refractivity contribution in [1.29, 1.82) is 0 Å². The smallest absolute Gasteiger partial charge is 0.294 e. The van der Waals surface area contributed by atoms with Gasteiger partial charge in [0.1, 0.15) is 18.0 Å². The van der Waals surface area contributed by atoms with Gasteiger partial charge in [-0.1, -0.05) is 41.9 Å². The summed E-state index contributed by atoms with van der Waals surface area (Å²) < 4.78 is 10.8. The molecule has 1 aliphatic heterocycles. The minimum absolute atomic E-state index is 0.225. The Labute approximate surface area is 205 Å². The number of hydrogen-bond acceptors (Lipinski definition) is 6. The van der Waals surface area contributed by atoms with Gasteiger partial charge in [-0.15, -0.1) is 0 Å². The van der Waals surface area contributed by atoms with Crippen molar-refractivity contribution >= 4 is 63.0 Å². The molecule has 3 amide bonds. The van der Waals surface area contributed by atoms with Crippen LogP contribution in [0, 0.1) is 0 Å². The SMILES string of the molecule is CCOc1ccc2ccccc2c1/C=C1/SC(=O)N(CC(=O)Nc2ccc(OC)c(Cl)c2)C1=O. The Bertz CT molecular complexity index is 1320. The minimum Gasteiger partial charge on any atom is -0.495 e. The lowest BCUT2D eigenvalue weighted by Gasteiger charge is -2.13. The van der Waals surface area contributed by atoms with Crippen molar-refractivity contribution in [3.63, 3.8) is 0 Å². The Kier molecular flexibility index (Phi) is 7.09. The molecule has 1 fully saturated rings. The quantitative estimate of drug-likeness (QED) is 0.430.